The third kappa shape index (κ3) is 7.18. The first-order chi connectivity index (χ1) is 12.3. The van der Waals surface area contributed by atoms with Crippen molar-refractivity contribution in [2.45, 2.75) is 39.8 Å². The molecule has 1 rings (SSSR count). The minimum atomic E-state index is -2.92. The van der Waals surface area contributed by atoms with Crippen LogP contribution in [-0.4, -0.2) is 25.1 Å². The second kappa shape index (κ2) is 11.0. The van der Waals surface area contributed by atoms with E-state index >= 15 is 0 Å². The molecule has 3 nitrogen and oxygen atoms in total. The molecule has 6 heteroatoms. The van der Waals surface area contributed by atoms with Gasteiger partial charge in [-0.2, -0.15) is 8.78 Å². The smallest absolute Gasteiger partial charge is 0.387 e. The summed E-state index contributed by atoms with van der Waals surface area (Å²) < 4.78 is 30.5. The summed E-state index contributed by atoms with van der Waals surface area (Å²) in [4.78, 5) is 2.02. The van der Waals surface area contributed by atoms with Gasteiger partial charge < -0.3 is 10.5 Å². The second-order valence-corrected chi connectivity index (χ2v) is 6.53. The molecule has 0 aromatic heterocycles. The van der Waals surface area contributed by atoms with E-state index in [1.54, 1.807) is 12.1 Å². The zero-order chi connectivity index (χ0) is 19.7. The number of hydrogen-bond donors (Lipinski definition) is 1. The minimum Gasteiger partial charge on any atom is -0.434 e. The number of alkyl halides is 2. The molecule has 0 amide bonds. The van der Waals surface area contributed by atoms with Crippen LogP contribution in [-0.2, 0) is 0 Å². The molecule has 0 spiro atoms. The largest absolute Gasteiger partial charge is 0.434 e. The van der Waals surface area contributed by atoms with Gasteiger partial charge in [0.15, 0.2) is 0 Å². The van der Waals surface area contributed by atoms with Crippen LogP contribution in [0.15, 0.2) is 53.8 Å². The average molecular weight is 385 g/mol. The fraction of sp³-hybridized carbons (Fsp3) is 0.400. The van der Waals surface area contributed by atoms with Crippen LogP contribution in [0.2, 0.25) is 5.02 Å². The lowest BCUT2D eigenvalue weighted by Crippen LogP contribution is -2.27. The van der Waals surface area contributed by atoms with Crippen LogP contribution < -0.4 is 10.5 Å². The van der Waals surface area contributed by atoms with E-state index in [0.717, 1.165) is 12.0 Å². The lowest BCUT2D eigenvalue weighted by molar-refractivity contribution is -0.0509. The van der Waals surface area contributed by atoms with Gasteiger partial charge >= 0.3 is 6.61 Å². The lowest BCUT2D eigenvalue weighted by Gasteiger charge is -2.30. The highest BCUT2D eigenvalue weighted by atomic mass is 35.5. The highest BCUT2D eigenvalue weighted by molar-refractivity contribution is 6.30. The number of allylic oxidation sites excluding steroid dienone is 4. The molecule has 1 aromatic carbocycles. The first kappa shape index (κ1) is 22.2. The summed E-state index contributed by atoms with van der Waals surface area (Å²) in [5.74, 6) is 0.0741. The summed E-state index contributed by atoms with van der Waals surface area (Å²) in [6, 6.07) is 4.55. The fourth-order valence-electron chi connectivity index (χ4n) is 2.60. The maximum absolute atomic E-state index is 12.9. The molecule has 0 heterocycles. The highest BCUT2D eigenvalue weighted by Crippen LogP contribution is 2.36. The van der Waals surface area contributed by atoms with Gasteiger partial charge in [0.2, 0.25) is 0 Å². The van der Waals surface area contributed by atoms with E-state index in [2.05, 4.69) is 0 Å². The standard InChI is InChI=1S/C20H27ClF2N2O/c1-5-6-7-8-14(2)19(25(4)12-11-15(3)24)17-10-9-16(21)13-18(17)26-20(22)23/h6-11,13,19-20H,5,12,24H2,1-4H3/b7-6-,14-8+,15-11+. The van der Waals surface area contributed by atoms with E-state index in [4.69, 9.17) is 22.1 Å². The van der Waals surface area contributed by atoms with Crippen LogP contribution >= 0.6 is 11.6 Å². The number of halogens is 3. The van der Waals surface area contributed by atoms with Crippen molar-refractivity contribution >= 4 is 11.6 Å². The fourth-order valence-corrected chi connectivity index (χ4v) is 2.77. The van der Waals surface area contributed by atoms with Crippen molar-refractivity contribution in [3.8, 4) is 5.75 Å². The van der Waals surface area contributed by atoms with Gasteiger partial charge in [0.05, 0.1) is 6.04 Å². The number of likely N-dealkylation sites (N-methyl/N-ethyl adjacent to an activating group) is 1. The van der Waals surface area contributed by atoms with Crippen LogP contribution in [0.3, 0.4) is 0 Å². The topological polar surface area (TPSA) is 38.5 Å². The molecule has 0 bridgehead atoms. The first-order valence-corrected chi connectivity index (χ1v) is 8.84. The molecule has 144 valence electrons. The summed E-state index contributed by atoms with van der Waals surface area (Å²) >= 11 is 5.98. The van der Waals surface area contributed by atoms with Crippen LogP contribution in [0.25, 0.3) is 0 Å². The predicted molar refractivity (Wildman–Crippen MR) is 105 cm³/mol. The third-order valence-corrected chi connectivity index (χ3v) is 4.03. The molecule has 0 aliphatic carbocycles. The van der Waals surface area contributed by atoms with Crippen LogP contribution in [0.5, 0.6) is 5.75 Å². The van der Waals surface area contributed by atoms with Crippen LogP contribution in [0, 0.1) is 0 Å². The summed E-state index contributed by atoms with van der Waals surface area (Å²) in [5.41, 5.74) is 8.05. The predicted octanol–water partition coefficient (Wildman–Crippen LogP) is 5.69. The van der Waals surface area contributed by atoms with Gasteiger partial charge in [0.1, 0.15) is 5.75 Å². The van der Waals surface area contributed by atoms with Crippen molar-refractivity contribution in [1.29, 1.82) is 0 Å². The molecule has 26 heavy (non-hydrogen) atoms. The number of nitrogens with two attached hydrogens (primary N) is 1. The van der Waals surface area contributed by atoms with Gasteiger partial charge in [0, 0.05) is 22.8 Å². The van der Waals surface area contributed by atoms with Gasteiger partial charge in [-0.25, -0.2) is 0 Å². The van der Waals surface area contributed by atoms with E-state index in [1.807, 2.05) is 57.0 Å². The van der Waals surface area contributed by atoms with Gasteiger partial charge in [-0.05, 0) is 39.4 Å². The Bertz CT molecular complexity index is 668. The van der Waals surface area contributed by atoms with Crippen molar-refractivity contribution in [2.24, 2.45) is 5.73 Å². The Morgan fingerprint density at radius 3 is 2.62 bits per heavy atom. The minimum absolute atomic E-state index is 0.0741. The molecule has 1 atom stereocenters. The zero-order valence-electron chi connectivity index (χ0n) is 15.7. The van der Waals surface area contributed by atoms with E-state index in [0.29, 0.717) is 22.8 Å². The van der Waals surface area contributed by atoms with Gasteiger partial charge in [-0.3, -0.25) is 4.90 Å². The summed E-state index contributed by atoms with van der Waals surface area (Å²) in [6.07, 6.45) is 8.77. The number of rotatable bonds is 9. The first-order valence-electron chi connectivity index (χ1n) is 8.46. The Morgan fingerprint density at radius 1 is 1.35 bits per heavy atom. The van der Waals surface area contributed by atoms with E-state index in [-0.39, 0.29) is 11.8 Å². The second-order valence-electron chi connectivity index (χ2n) is 6.10. The number of hydrogen-bond acceptors (Lipinski definition) is 3. The van der Waals surface area contributed by atoms with Crippen molar-refractivity contribution in [2.75, 3.05) is 13.6 Å². The molecular formula is C20H27ClF2N2O. The third-order valence-electron chi connectivity index (χ3n) is 3.79. The van der Waals surface area contributed by atoms with E-state index in [1.165, 1.54) is 6.07 Å². The molecular weight excluding hydrogens is 358 g/mol. The lowest BCUT2D eigenvalue weighted by atomic mass is 9.96. The monoisotopic (exact) mass is 384 g/mol. The van der Waals surface area contributed by atoms with Crippen molar-refractivity contribution in [1.82, 2.24) is 4.90 Å². The Hall–Kier alpha value is -1.85. The van der Waals surface area contributed by atoms with E-state index < -0.39 is 6.61 Å². The number of benzene rings is 1. The number of nitrogens with zero attached hydrogens (tertiary/aromatic N) is 1. The molecule has 0 aliphatic heterocycles. The van der Waals surface area contributed by atoms with Gasteiger partial charge in [-0.15, -0.1) is 0 Å². The zero-order valence-corrected chi connectivity index (χ0v) is 16.4. The normalized spacial score (nSPS) is 14.5. The summed E-state index contributed by atoms with van der Waals surface area (Å²) in [6.45, 7) is 3.45. The Morgan fingerprint density at radius 2 is 2.04 bits per heavy atom. The molecule has 0 aliphatic rings. The van der Waals surface area contributed by atoms with Crippen LogP contribution in [0.1, 0.15) is 38.8 Å². The Kier molecular flexibility index (Phi) is 9.38. The summed E-state index contributed by atoms with van der Waals surface area (Å²) in [5, 5.41) is 0.344. The molecule has 0 radical (unpaired) electrons. The summed E-state index contributed by atoms with van der Waals surface area (Å²) in [7, 11) is 1.91. The maximum Gasteiger partial charge on any atom is 0.387 e. The highest BCUT2D eigenvalue weighted by Gasteiger charge is 2.23. The van der Waals surface area contributed by atoms with Gasteiger partial charge in [0.25, 0.3) is 0 Å². The molecule has 0 saturated heterocycles. The molecule has 0 saturated carbocycles. The number of ether oxygens (including phenoxy) is 1. The average Bonchev–Trinajstić information content (AvgIpc) is 2.55. The maximum atomic E-state index is 12.9. The molecule has 0 fully saturated rings. The van der Waals surface area contributed by atoms with E-state index in [9.17, 15) is 8.78 Å². The SMILES string of the molecule is CC/C=C\C=C(/C)C(c1ccc(Cl)cc1OC(F)F)N(C)C/C=C(\C)N. The quantitative estimate of drug-likeness (QED) is 0.556. The molecule has 1 unspecified atom stereocenters. The Labute approximate surface area is 159 Å². The van der Waals surface area contributed by atoms with Crippen molar-refractivity contribution in [3.05, 3.63) is 64.4 Å². The van der Waals surface area contributed by atoms with Crippen molar-refractivity contribution in [3.63, 3.8) is 0 Å². The molecule has 1 aromatic rings. The Balaban J connectivity index is 3.37. The van der Waals surface area contributed by atoms with Gasteiger partial charge in [-0.1, -0.05) is 54.5 Å². The molecule has 2 N–H and O–H groups in total. The van der Waals surface area contributed by atoms with Crippen LogP contribution in [0.4, 0.5) is 8.78 Å². The van der Waals surface area contributed by atoms with Crippen molar-refractivity contribution < 1.29 is 13.5 Å².